The van der Waals surface area contributed by atoms with Crippen molar-refractivity contribution in [2.45, 2.75) is 20.3 Å². The Morgan fingerprint density at radius 1 is 1.21 bits per heavy atom. The number of nitrogens with one attached hydrogen (secondary N) is 2. The molecule has 1 aliphatic heterocycles. The lowest BCUT2D eigenvalue weighted by atomic mass is 10.1. The van der Waals surface area contributed by atoms with E-state index < -0.39 is 11.7 Å². The molecule has 2 N–H and O–H groups in total. The number of carbonyl (C=O) groups excluding carboxylic acids is 1. The van der Waals surface area contributed by atoms with E-state index in [1.165, 1.54) is 18.2 Å². The predicted molar refractivity (Wildman–Crippen MR) is 122 cm³/mol. The monoisotopic (exact) mass is 445 g/mol. The number of hydrogen-bond donors (Lipinski definition) is 2. The molecule has 5 rings (SSSR count). The summed E-state index contributed by atoms with van der Waals surface area (Å²) >= 11 is 0. The highest BCUT2D eigenvalue weighted by molar-refractivity contribution is 6.03. The zero-order chi connectivity index (χ0) is 22.9. The number of rotatable bonds is 6. The third-order valence-corrected chi connectivity index (χ3v) is 5.13. The summed E-state index contributed by atoms with van der Waals surface area (Å²) in [5, 5.41) is 5.99. The maximum absolute atomic E-state index is 14.6. The lowest BCUT2D eigenvalue weighted by Gasteiger charge is -2.06. The molecule has 0 aliphatic carbocycles. The summed E-state index contributed by atoms with van der Waals surface area (Å²) in [5.41, 5.74) is 3.36. The van der Waals surface area contributed by atoms with Crippen molar-refractivity contribution in [2.75, 3.05) is 17.2 Å². The number of halogens is 1. The van der Waals surface area contributed by atoms with E-state index in [1.807, 2.05) is 12.3 Å². The van der Waals surface area contributed by atoms with Gasteiger partial charge in [-0.05, 0) is 25.1 Å². The smallest absolute Gasteiger partial charge is 0.293 e. The maximum atomic E-state index is 14.6. The minimum absolute atomic E-state index is 0.120. The molecule has 0 fully saturated rings. The molecule has 10 heteroatoms. The molecule has 3 aromatic heterocycles. The van der Waals surface area contributed by atoms with Gasteiger partial charge in [-0.1, -0.05) is 6.08 Å². The Balaban J connectivity index is 1.38. The van der Waals surface area contributed by atoms with Crippen molar-refractivity contribution in [3.05, 3.63) is 72.2 Å². The summed E-state index contributed by atoms with van der Waals surface area (Å²) in [5.74, 6) is 0.0244. The number of allylic oxidation sites excluding steroid dienone is 1. The first kappa shape index (κ1) is 20.6. The van der Waals surface area contributed by atoms with Crippen LogP contribution in [0.5, 0.6) is 0 Å². The van der Waals surface area contributed by atoms with Gasteiger partial charge in [0.05, 0.1) is 29.8 Å². The summed E-state index contributed by atoms with van der Waals surface area (Å²) in [6.45, 7) is 3.97. The number of amides is 1. The lowest BCUT2D eigenvalue weighted by molar-refractivity contribution is 0.0994. The highest BCUT2D eigenvalue weighted by Crippen LogP contribution is 2.26. The van der Waals surface area contributed by atoms with Crippen LogP contribution in [0, 0.1) is 19.7 Å². The molecule has 1 aromatic carbocycles. The molecule has 4 heterocycles. The zero-order valence-corrected chi connectivity index (χ0v) is 18.0. The summed E-state index contributed by atoms with van der Waals surface area (Å²) in [6, 6.07) is 4.29. The van der Waals surface area contributed by atoms with Crippen LogP contribution < -0.4 is 10.6 Å². The Kier molecular flexibility index (Phi) is 5.17. The second-order valence-electron chi connectivity index (χ2n) is 7.61. The van der Waals surface area contributed by atoms with Crippen molar-refractivity contribution in [3.8, 4) is 11.3 Å². The van der Waals surface area contributed by atoms with Crippen LogP contribution in [0.1, 0.15) is 28.6 Å². The fourth-order valence-corrected chi connectivity index (χ4v) is 3.56. The van der Waals surface area contributed by atoms with Crippen molar-refractivity contribution in [1.82, 2.24) is 19.4 Å². The van der Waals surface area contributed by atoms with Crippen LogP contribution in [-0.2, 0) is 0 Å². The van der Waals surface area contributed by atoms with Crippen LogP contribution in [0.25, 0.3) is 17.0 Å². The van der Waals surface area contributed by atoms with Crippen LogP contribution in [0.4, 0.5) is 15.8 Å². The molecular formula is C23H20FN7O2. The van der Waals surface area contributed by atoms with E-state index in [-0.39, 0.29) is 11.3 Å². The Labute approximate surface area is 188 Å². The van der Waals surface area contributed by atoms with Crippen LogP contribution >= 0.6 is 0 Å². The number of aryl methyl sites for hydroxylation is 2. The first-order valence-electron chi connectivity index (χ1n) is 10.3. The molecule has 33 heavy (non-hydrogen) atoms. The van der Waals surface area contributed by atoms with Crippen LogP contribution in [0.3, 0.4) is 0 Å². The summed E-state index contributed by atoms with van der Waals surface area (Å²) < 4.78 is 21.7. The minimum atomic E-state index is -0.465. The highest BCUT2D eigenvalue weighted by Gasteiger charge is 2.18. The second-order valence-corrected chi connectivity index (χ2v) is 7.61. The molecule has 166 valence electrons. The fraction of sp³-hybridized carbons (Fsp3) is 0.174. The zero-order valence-electron chi connectivity index (χ0n) is 18.0. The molecule has 0 radical (unpaired) electrons. The molecule has 0 atom stereocenters. The van der Waals surface area contributed by atoms with Gasteiger partial charge in [0, 0.05) is 48.9 Å². The van der Waals surface area contributed by atoms with Gasteiger partial charge in [-0.25, -0.2) is 19.3 Å². The average molecular weight is 445 g/mol. The molecule has 0 bridgehead atoms. The highest BCUT2D eigenvalue weighted by atomic mass is 19.1. The second kappa shape index (κ2) is 8.30. The van der Waals surface area contributed by atoms with E-state index in [2.05, 4.69) is 30.6 Å². The SMILES string of the molecule is Cc1nc(C)c(C(=O)Nc2ccc(F)c(-c3cn4cc(NCC5=NC=CC5)cnc4n3)c2)o1. The van der Waals surface area contributed by atoms with Crippen molar-refractivity contribution in [2.24, 2.45) is 4.99 Å². The van der Waals surface area contributed by atoms with Gasteiger partial charge in [-0.3, -0.25) is 14.2 Å². The number of hydrogen-bond acceptors (Lipinski definition) is 7. The van der Waals surface area contributed by atoms with Gasteiger partial charge in [0.15, 0.2) is 5.89 Å². The van der Waals surface area contributed by atoms with Gasteiger partial charge in [0.2, 0.25) is 11.5 Å². The largest absolute Gasteiger partial charge is 0.436 e. The molecule has 0 spiro atoms. The van der Waals surface area contributed by atoms with E-state index in [0.29, 0.717) is 35.3 Å². The number of aliphatic imine (C=N–C) groups is 1. The number of carbonyl (C=O) groups is 1. The Hall–Kier alpha value is -4.34. The number of benzene rings is 1. The third kappa shape index (κ3) is 4.22. The number of aromatic nitrogens is 4. The van der Waals surface area contributed by atoms with Gasteiger partial charge >= 0.3 is 0 Å². The molecule has 4 aromatic rings. The quantitative estimate of drug-likeness (QED) is 0.461. The van der Waals surface area contributed by atoms with E-state index >= 15 is 0 Å². The van der Waals surface area contributed by atoms with Crippen molar-refractivity contribution in [1.29, 1.82) is 0 Å². The first-order valence-corrected chi connectivity index (χ1v) is 10.3. The average Bonchev–Trinajstić information content (AvgIpc) is 3.53. The molecule has 0 saturated carbocycles. The minimum Gasteiger partial charge on any atom is -0.436 e. The van der Waals surface area contributed by atoms with Gasteiger partial charge in [0.25, 0.3) is 5.91 Å². The first-order chi connectivity index (χ1) is 16.0. The molecule has 0 saturated heterocycles. The Morgan fingerprint density at radius 2 is 2.09 bits per heavy atom. The molecule has 9 nitrogen and oxygen atoms in total. The van der Waals surface area contributed by atoms with E-state index in [9.17, 15) is 9.18 Å². The predicted octanol–water partition coefficient (Wildman–Crippen LogP) is 4.16. The maximum Gasteiger partial charge on any atom is 0.293 e. The van der Waals surface area contributed by atoms with E-state index in [0.717, 1.165) is 17.8 Å². The molecule has 0 unspecified atom stereocenters. The summed E-state index contributed by atoms with van der Waals surface area (Å²) in [4.78, 5) is 29.7. The van der Waals surface area contributed by atoms with Gasteiger partial charge in [-0.2, -0.15) is 0 Å². The van der Waals surface area contributed by atoms with Crippen LogP contribution in [0.2, 0.25) is 0 Å². The third-order valence-electron chi connectivity index (χ3n) is 5.13. The van der Waals surface area contributed by atoms with E-state index in [1.54, 1.807) is 36.8 Å². The number of oxazole rings is 1. The topological polar surface area (TPSA) is 110 Å². The number of imidazole rings is 1. The normalized spacial score (nSPS) is 12.9. The van der Waals surface area contributed by atoms with Crippen molar-refractivity contribution >= 4 is 28.8 Å². The number of anilines is 2. The van der Waals surface area contributed by atoms with Crippen LogP contribution in [-0.4, -0.2) is 37.5 Å². The molecular weight excluding hydrogens is 425 g/mol. The standard InChI is InChI=1S/C23H20FN7O2/c1-13-21(33-14(2)28-13)22(32)29-15-5-6-19(24)18(8-15)20-12-31-11-17(10-27-23(31)30-20)26-9-16-4-3-7-25-16/h3,5-8,10-12,26H,4,9H2,1-2H3,(H,29,32). The summed E-state index contributed by atoms with van der Waals surface area (Å²) in [7, 11) is 0. The number of fused-ring (bicyclic) bond motifs is 1. The van der Waals surface area contributed by atoms with Gasteiger partial charge in [-0.15, -0.1) is 0 Å². The number of nitrogens with zero attached hydrogens (tertiary/aromatic N) is 5. The van der Waals surface area contributed by atoms with E-state index in [4.69, 9.17) is 4.42 Å². The summed E-state index contributed by atoms with van der Waals surface area (Å²) in [6.07, 6.45) is 9.82. The van der Waals surface area contributed by atoms with Gasteiger partial charge < -0.3 is 15.1 Å². The fourth-order valence-electron chi connectivity index (χ4n) is 3.56. The molecule has 1 amide bonds. The van der Waals surface area contributed by atoms with Crippen LogP contribution in [0.15, 0.2) is 58.5 Å². The lowest BCUT2D eigenvalue weighted by Crippen LogP contribution is -2.12. The Morgan fingerprint density at radius 3 is 2.85 bits per heavy atom. The molecule has 1 aliphatic rings. The Bertz CT molecular complexity index is 1430. The van der Waals surface area contributed by atoms with Gasteiger partial charge in [0.1, 0.15) is 5.82 Å². The van der Waals surface area contributed by atoms with Crippen molar-refractivity contribution in [3.63, 3.8) is 0 Å². The van der Waals surface area contributed by atoms with Crippen molar-refractivity contribution < 1.29 is 13.6 Å².